The van der Waals surface area contributed by atoms with Gasteiger partial charge in [0.2, 0.25) is 0 Å². The molecule has 2 saturated heterocycles. The molecule has 3 nitrogen and oxygen atoms in total. The van der Waals surface area contributed by atoms with Crippen LogP contribution in [0.5, 0.6) is 0 Å². The second-order valence-electron chi connectivity index (χ2n) is 4.68. The summed E-state index contributed by atoms with van der Waals surface area (Å²) < 4.78 is 17.1. The Balaban J connectivity index is 1.47. The van der Waals surface area contributed by atoms with Gasteiger partial charge in [-0.15, -0.1) is 0 Å². The fourth-order valence-corrected chi connectivity index (χ4v) is 2.99. The van der Waals surface area contributed by atoms with E-state index in [-0.39, 0.29) is 5.79 Å². The number of hydrogen-bond donors (Lipinski definition) is 0. The molecule has 72 valence electrons. The van der Waals surface area contributed by atoms with E-state index in [0.717, 1.165) is 6.42 Å². The molecule has 0 aromatic rings. The Labute approximate surface area is 77.3 Å². The van der Waals surface area contributed by atoms with Gasteiger partial charge >= 0.3 is 0 Å². The molecule has 0 N–H and O–H groups in total. The third-order valence-electron chi connectivity index (χ3n) is 3.84. The first-order valence-electron chi connectivity index (χ1n) is 5.38. The Morgan fingerprint density at radius 3 is 2.77 bits per heavy atom. The molecular formula is C10H14O3. The molecule has 0 spiro atoms. The van der Waals surface area contributed by atoms with Crippen molar-refractivity contribution in [2.45, 2.75) is 62.3 Å². The quantitative estimate of drug-likeness (QED) is 0.602. The smallest absolute Gasteiger partial charge is 0.195 e. The van der Waals surface area contributed by atoms with Crippen LogP contribution < -0.4 is 0 Å². The lowest BCUT2D eigenvalue weighted by Crippen LogP contribution is -2.26. The molecule has 0 radical (unpaired) electrons. The monoisotopic (exact) mass is 182 g/mol. The van der Waals surface area contributed by atoms with Crippen LogP contribution in [0.15, 0.2) is 0 Å². The Morgan fingerprint density at radius 2 is 2.23 bits per heavy atom. The Kier molecular flexibility index (Phi) is 1.16. The second-order valence-corrected chi connectivity index (χ2v) is 4.68. The van der Waals surface area contributed by atoms with Crippen LogP contribution in [0, 0.1) is 0 Å². The Bertz CT molecular complexity index is 255. The molecule has 2 saturated carbocycles. The van der Waals surface area contributed by atoms with E-state index in [1.165, 1.54) is 25.7 Å². The van der Waals surface area contributed by atoms with Crippen molar-refractivity contribution in [3.63, 3.8) is 0 Å². The van der Waals surface area contributed by atoms with Crippen LogP contribution in [-0.2, 0) is 14.2 Å². The lowest BCUT2D eigenvalue weighted by Gasteiger charge is -2.17. The molecular weight excluding hydrogens is 168 g/mol. The van der Waals surface area contributed by atoms with Crippen molar-refractivity contribution in [1.82, 2.24) is 0 Å². The molecule has 13 heavy (non-hydrogen) atoms. The van der Waals surface area contributed by atoms with Crippen LogP contribution in [0.2, 0.25) is 0 Å². The van der Waals surface area contributed by atoms with Gasteiger partial charge in [0, 0.05) is 6.42 Å². The molecule has 0 aromatic heterocycles. The van der Waals surface area contributed by atoms with E-state index in [4.69, 9.17) is 14.2 Å². The highest BCUT2D eigenvalue weighted by atomic mass is 16.8. The number of ether oxygens (including phenoxy) is 3. The highest BCUT2D eigenvalue weighted by Gasteiger charge is 2.64. The van der Waals surface area contributed by atoms with Gasteiger partial charge in [0.15, 0.2) is 5.79 Å². The molecule has 0 aromatic carbocycles. The van der Waals surface area contributed by atoms with E-state index in [1.807, 2.05) is 0 Å². The van der Waals surface area contributed by atoms with Crippen molar-refractivity contribution >= 4 is 0 Å². The first-order valence-corrected chi connectivity index (χ1v) is 5.38. The van der Waals surface area contributed by atoms with E-state index >= 15 is 0 Å². The predicted octanol–water partition coefficient (Wildman–Crippen LogP) is 1.21. The van der Waals surface area contributed by atoms with Crippen molar-refractivity contribution in [3.05, 3.63) is 0 Å². The number of epoxide rings is 2. The van der Waals surface area contributed by atoms with E-state index in [2.05, 4.69) is 0 Å². The van der Waals surface area contributed by atoms with Crippen molar-refractivity contribution in [2.24, 2.45) is 0 Å². The zero-order chi connectivity index (χ0) is 8.47. The maximum Gasteiger partial charge on any atom is 0.195 e. The molecule has 5 unspecified atom stereocenters. The SMILES string of the molecule is C1CC2OC2(OC2CCC3OC32)C1. The van der Waals surface area contributed by atoms with E-state index in [1.54, 1.807) is 0 Å². The number of hydrogen-bond acceptors (Lipinski definition) is 3. The van der Waals surface area contributed by atoms with Crippen molar-refractivity contribution in [1.29, 1.82) is 0 Å². The first kappa shape index (κ1) is 7.21. The van der Waals surface area contributed by atoms with Gasteiger partial charge < -0.3 is 14.2 Å². The highest BCUT2D eigenvalue weighted by Crippen LogP contribution is 2.54. The van der Waals surface area contributed by atoms with Gasteiger partial charge in [-0.1, -0.05) is 0 Å². The topological polar surface area (TPSA) is 34.3 Å². The summed E-state index contributed by atoms with van der Waals surface area (Å²) in [5.41, 5.74) is 0. The number of fused-ring (bicyclic) bond motifs is 2. The van der Waals surface area contributed by atoms with Crippen LogP contribution in [0.25, 0.3) is 0 Å². The molecule has 4 aliphatic rings. The third-order valence-corrected chi connectivity index (χ3v) is 3.84. The minimum Gasteiger partial charge on any atom is -0.367 e. The molecule has 4 rings (SSSR count). The van der Waals surface area contributed by atoms with E-state index in [9.17, 15) is 0 Å². The molecule has 4 fully saturated rings. The van der Waals surface area contributed by atoms with Gasteiger partial charge in [0.25, 0.3) is 0 Å². The fourth-order valence-electron chi connectivity index (χ4n) is 2.99. The van der Waals surface area contributed by atoms with Gasteiger partial charge in [0.1, 0.15) is 12.2 Å². The number of rotatable bonds is 2. The van der Waals surface area contributed by atoms with Gasteiger partial charge in [-0.25, -0.2) is 0 Å². The predicted molar refractivity (Wildman–Crippen MR) is 44.2 cm³/mol. The summed E-state index contributed by atoms with van der Waals surface area (Å²) in [5, 5.41) is 0. The molecule has 2 aliphatic carbocycles. The summed E-state index contributed by atoms with van der Waals surface area (Å²) in [6.45, 7) is 0. The Morgan fingerprint density at radius 1 is 1.23 bits per heavy atom. The minimum atomic E-state index is -0.147. The second kappa shape index (κ2) is 2.10. The van der Waals surface area contributed by atoms with Crippen molar-refractivity contribution < 1.29 is 14.2 Å². The minimum absolute atomic E-state index is 0.147. The van der Waals surface area contributed by atoms with Crippen LogP contribution >= 0.6 is 0 Å². The molecule has 3 heteroatoms. The van der Waals surface area contributed by atoms with E-state index < -0.39 is 0 Å². The molecule has 0 amide bonds. The maximum absolute atomic E-state index is 6.04. The average Bonchev–Trinajstić information content (AvgIpc) is 2.98. The zero-order valence-corrected chi connectivity index (χ0v) is 7.57. The molecule has 2 aliphatic heterocycles. The average molecular weight is 182 g/mol. The van der Waals surface area contributed by atoms with Gasteiger partial charge in [-0.2, -0.15) is 0 Å². The summed E-state index contributed by atoms with van der Waals surface area (Å²) in [4.78, 5) is 0. The summed E-state index contributed by atoms with van der Waals surface area (Å²) in [6.07, 6.45) is 7.64. The lowest BCUT2D eigenvalue weighted by molar-refractivity contribution is -0.102. The van der Waals surface area contributed by atoms with Crippen molar-refractivity contribution in [2.75, 3.05) is 0 Å². The van der Waals surface area contributed by atoms with Crippen LogP contribution in [0.1, 0.15) is 32.1 Å². The van der Waals surface area contributed by atoms with Crippen LogP contribution in [0.3, 0.4) is 0 Å². The Hall–Kier alpha value is -0.120. The third kappa shape index (κ3) is 0.901. The summed E-state index contributed by atoms with van der Waals surface area (Å²) >= 11 is 0. The van der Waals surface area contributed by atoms with Crippen LogP contribution in [0.4, 0.5) is 0 Å². The standard InChI is InChI=1S/C10H14O3/c1-2-8-10(5-1,13-8)12-7-4-3-6-9(7)11-6/h6-9H,1-5H2. The summed E-state index contributed by atoms with van der Waals surface area (Å²) in [6, 6.07) is 0. The normalized spacial score (nSPS) is 61.8. The highest BCUT2D eigenvalue weighted by molar-refractivity contribution is 5.05. The fraction of sp³-hybridized carbons (Fsp3) is 1.00. The zero-order valence-electron chi connectivity index (χ0n) is 7.57. The largest absolute Gasteiger partial charge is 0.367 e. The van der Waals surface area contributed by atoms with Gasteiger partial charge in [-0.05, 0) is 25.7 Å². The van der Waals surface area contributed by atoms with Crippen molar-refractivity contribution in [3.8, 4) is 0 Å². The molecule has 0 bridgehead atoms. The summed E-state index contributed by atoms with van der Waals surface area (Å²) in [7, 11) is 0. The first-order chi connectivity index (χ1) is 6.37. The van der Waals surface area contributed by atoms with Crippen LogP contribution in [-0.4, -0.2) is 30.2 Å². The van der Waals surface area contributed by atoms with E-state index in [0.29, 0.717) is 24.4 Å². The molecule has 5 atom stereocenters. The molecule has 2 heterocycles. The lowest BCUT2D eigenvalue weighted by atomic mass is 10.2. The summed E-state index contributed by atoms with van der Waals surface area (Å²) in [5.74, 6) is -0.147. The van der Waals surface area contributed by atoms with Gasteiger partial charge in [-0.3, -0.25) is 0 Å². The maximum atomic E-state index is 6.04. The van der Waals surface area contributed by atoms with Gasteiger partial charge in [0.05, 0.1) is 12.2 Å².